The SMILES string of the molecule is COc1ccc(S(=O)(=O)Nc2cc(Cl)c(Oc3c(Cl)cc(Cl)cc3Cl)c(Cl)c2)cc1. The standard InChI is InChI=1S/C19H12Cl5NO4S/c1-28-12-2-4-13(5-3-12)30(26,27)25-11-8-16(23)19(17(24)9-11)29-18-14(21)6-10(20)7-15(18)22/h2-9,25H,1H3. The maximum Gasteiger partial charge on any atom is 0.261 e. The highest BCUT2D eigenvalue weighted by atomic mass is 35.5. The third-order valence-electron chi connectivity index (χ3n) is 3.79. The first kappa shape index (κ1) is 23.1. The van der Waals surface area contributed by atoms with E-state index in [0.717, 1.165) is 0 Å². The number of benzene rings is 3. The van der Waals surface area contributed by atoms with E-state index in [2.05, 4.69) is 4.72 Å². The fourth-order valence-corrected chi connectivity index (χ4v) is 4.91. The molecule has 0 aliphatic heterocycles. The van der Waals surface area contributed by atoms with Crippen LogP contribution in [-0.4, -0.2) is 15.5 Å². The van der Waals surface area contributed by atoms with Crippen LogP contribution in [0.4, 0.5) is 5.69 Å². The zero-order valence-corrected chi connectivity index (χ0v) is 19.6. The Morgan fingerprint density at radius 1 is 0.767 bits per heavy atom. The summed E-state index contributed by atoms with van der Waals surface area (Å²) in [6, 6.07) is 11.5. The Morgan fingerprint density at radius 2 is 1.23 bits per heavy atom. The molecule has 11 heteroatoms. The summed E-state index contributed by atoms with van der Waals surface area (Å²) < 4.78 is 38.3. The molecule has 0 heterocycles. The number of sulfonamides is 1. The van der Waals surface area contributed by atoms with Crippen LogP contribution in [0.5, 0.6) is 17.2 Å². The van der Waals surface area contributed by atoms with Gasteiger partial charge in [0.2, 0.25) is 0 Å². The molecule has 0 amide bonds. The maximum atomic E-state index is 12.6. The van der Waals surface area contributed by atoms with Crippen LogP contribution in [0.3, 0.4) is 0 Å². The lowest BCUT2D eigenvalue weighted by molar-refractivity contribution is 0.414. The number of methoxy groups -OCH3 is 1. The van der Waals surface area contributed by atoms with Crippen LogP contribution in [0.2, 0.25) is 25.1 Å². The van der Waals surface area contributed by atoms with Crippen molar-refractivity contribution < 1.29 is 17.9 Å². The van der Waals surface area contributed by atoms with Crippen molar-refractivity contribution in [3.63, 3.8) is 0 Å². The molecular weight excluding hydrogens is 516 g/mol. The molecule has 158 valence electrons. The lowest BCUT2D eigenvalue weighted by Gasteiger charge is -2.15. The number of rotatable bonds is 6. The fraction of sp³-hybridized carbons (Fsp3) is 0.0526. The van der Waals surface area contributed by atoms with Crippen LogP contribution in [0, 0.1) is 0 Å². The highest BCUT2D eigenvalue weighted by molar-refractivity contribution is 7.92. The Bertz CT molecular complexity index is 1150. The van der Waals surface area contributed by atoms with Gasteiger partial charge in [0.05, 0.1) is 37.8 Å². The summed E-state index contributed by atoms with van der Waals surface area (Å²) in [6.07, 6.45) is 0. The average Bonchev–Trinajstić information content (AvgIpc) is 2.66. The summed E-state index contributed by atoms with van der Waals surface area (Å²) in [5.74, 6) is 0.691. The van der Waals surface area contributed by atoms with Crippen LogP contribution in [-0.2, 0) is 10.0 Å². The smallest absolute Gasteiger partial charge is 0.261 e. The van der Waals surface area contributed by atoms with Gasteiger partial charge in [-0.2, -0.15) is 0 Å². The molecule has 0 atom stereocenters. The van der Waals surface area contributed by atoms with E-state index in [1.165, 1.54) is 55.6 Å². The van der Waals surface area contributed by atoms with E-state index in [1.54, 1.807) is 0 Å². The molecule has 1 N–H and O–H groups in total. The van der Waals surface area contributed by atoms with Crippen molar-refractivity contribution in [1.82, 2.24) is 0 Å². The highest BCUT2D eigenvalue weighted by Crippen LogP contribution is 2.44. The van der Waals surface area contributed by atoms with Crippen molar-refractivity contribution in [2.75, 3.05) is 11.8 Å². The van der Waals surface area contributed by atoms with E-state index in [4.69, 9.17) is 67.5 Å². The van der Waals surface area contributed by atoms with Gasteiger partial charge < -0.3 is 9.47 Å². The Balaban J connectivity index is 1.89. The molecule has 0 unspecified atom stereocenters. The summed E-state index contributed by atoms with van der Waals surface area (Å²) in [5, 5.41) is 0.722. The number of anilines is 1. The summed E-state index contributed by atoms with van der Waals surface area (Å²) in [5.41, 5.74) is 0.140. The number of nitrogens with one attached hydrogen (secondary N) is 1. The van der Waals surface area contributed by atoms with E-state index in [9.17, 15) is 8.42 Å². The van der Waals surface area contributed by atoms with E-state index >= 15 is 0 Å². The van der Waals surface area contributed by atoms with Crippen molar-refractivity contribution in [1.29, 1.82) is 0 Å². The second-order valence-corrected chi connectivity index (χ2v) is 9.60. The van der Waals surface area contributed by atoms with Gasteiger partial charge in [-0.1, -0.05) is 58.0 Å². The number of hydrogen-bond donors (Lipinski definition) is 1. The van der Waals surface area contributed by atoms with Gasteiger partial charge in [-0.3, -0.25) is 4.72 Å². The Labute approximate surface area is 198 Å². The molecule has 3 rings (SSSR count). The summed E-state index contributed by atoms with van der Waals surface area (Å²) in [6.45, 7) is 0. The molecule has 0 spiro atoms. The van der Waals surface area contributed by atoms with Crippen LogP contribution >= 0.6 is 58.0 Å². The molecule has 0 aliphatic rings. The molecule has 0 aromatic heterocycles. The molecule has 0 bridgehead atoms. The first-order chi connectivity index (χ1) is 14.1. The molecule has 0 radical (unpaired) electrons. The fourth-order valence-electron chi connectivity index (χ4n) is 2.41. The predicted molar refractivity (Wildman–Crippen MR) is 122 cm³/mol. The topological polar surface area (TPSA) is 64.6 Å². The third-order valence-corrected chi connectivity index (χ3v) is 6.53. The van der Waals surface area contributed by atoms with Gasteiger partial charge in [-0.25, -0.2) is 8.42 Å². The van der Waals surface area contributed by atoms with E-state index in [0.29, 0.717) is 10.8 Å². The zero-order chi connectivity index (χ0) is 22.1. The lowest BCUT2D eigenvalue weighted by atomic mass is 10.3. The van der Waals surface area contributed by atoms with Gasteiger partial charge in [0.25, 0.3) is 10.0 Å². The number of hydrogen-bond acceptors (Lipinski definition) is 4. The molecule has 0 aliphatic carbocycles. The first-order valence-electron chi connectivity index (χ1n) is 8.09. The van der Waals surface area contributed by atoms with Gasteiger partial charge in [-0.15, -0.1) is 0 Å². The summed E-state index contributed by atoms with van der Waals surface area (Å²) in [4.78, 5) is 0.0376. The Morgan fingerprint density at radius 3 is 1.70 bits per heavy atom. The lowest BCUT2D eigenvalue weighted by Crippen LogP contribution is -2.13. The molecular formula is C19H12Cl5NO4S. The average molecular weight is 528 g/mol. The second-order valence-electron chi connectivity index (χ2n) is 5.85. The monoisotopic (exact) mass is 525 g/mol. The van der Waals surface area contributed by atoms with Gasteiger partial charge in [-0.05, 0) is 48.5 Å². The number of halogens is 5. The van der Waals surface area contributed by atoms with Crippen LogP contribution in [0.15, 0.2) is 53.4 Å². The molecule has 3 aromatic rings. The Kier molecular flexibility index (Phi) is 7.17. The van der Waals surface area contributed by atoms with Crippen molar-refractivity contribution in [2.24, 2.45) is 0 Å². The van der Waals surface area contributed by atoms with Crippen molar-refractivity contribution in [3.05, 3.63) is 73.6 Å². The molecule has 0 saturated carbocycles. The predicted octanol–water partition coefficient (Wildman–Crippen LogP) is 7.56. The first-order valence-corrected chi connectivity index (χ1v) is 11.5. The van der Waals surface area contributed by atoms with Crippen molar-refractivity contribution >= 4 is 73.7 Å². The maximum absolute atomic E-state index is 12.6. The molecule has 0 fully saturated rings. The second kappa shape index (κ2) is 9.30. The minimum atomic E-state index is -3.88. The number of ether oxygens (including phenoxy) is 2. The Hall–Kier alpha value is -1.54. The van der Waals surface area contributed by atoms with E-state index < -0.39 is 10.0 Å². The van der Waals surface area contributed by atoms with Crippen LogP contribution < -0.4 is 14.2 Å². The molecule has 0 saturated heterocycles. The summed E-state index contributed by atoms with van der Waals surface area (Å²) in [7, 11) is -2.40. The van der Waals surface area contributed by atoms with E-state index in [1.807, 2.05) is 0 Å². The van der Waals surface area contributed by atoms with Gasteiger partial charge in [0, 0.05) is 5.02 Å². The highest BCUT2D eigenvalue weighted by Gasteiger charge is 2.19. The third kappa shape index (κ3) is 5.19. The quantitative estimate of drug-likeness (QED) is 0.359. The molecule has 3 aromatic carbocycles. The summed E-state index contributed by atoms with van der Waals surface area (Å²) >= 11 is 30.6. The van der Waals surface area contributed by atoms with Crippen molar-refractivity contribution in [2.45, 2.75) is 4.90 Å². The normalized spacial score (nSPS) is 11.3. The zero-order valence-electron chi connectivity index (χ0n) is 15.0. The molecule has 30 heavy (non-hydrogen) atoms. The minimum Gasteiger partial charge on any atom is -0.497 e. The van der Waals surface area contributed by atoms with Crippen LogP contribution in [0.25, 0.3) is 0 Å². The van der Waals surface area contributed by atoms with Gasteiger partial charge in [0.15, 0.2) is 11.5 Å². The molecule has 5 nitrogen and oxygen atoms in total. The largest absolute Gasteiger partial charge is 0.497 e. The van der Waals surface area contributed by atoms with Crippen molar-refractivity contribution in [3.8, 4) is 17.2 Å². The van der Waals surface area contributed by atoms with Gasteiger partial charge >= 0.3 is 0 Å². The van der Waals surface area contributed by atoms with Crippen LogP contribution in [0.1, 0.15) is 0 Å². The minimum absolute atomic E-state index is 0.0376. The van der Waals surface area contributed by atoms with Gasteiger partial charge in [0.1, 0.15) is 5.75 Å². The van der Waals surface area contributed by atoms with E-state index in [-0.39, 0.29) is 42.2 Å².